The van der Waals surface area contributed by atoms with Gasteiger partial charge in [0.05, 0.1) is 0 Å². The van der Waals surface area contributed by atoms with Gasteiger partial charge in [-0.05, 0) is 43.7 Å². The SMILES string of the molecule is C[C-](C#N)CC(=O)N(Cc1ccc(C(=N)C2CCCC2)c(SCCCO)c1)C1CC1.[Cd]. The Balaban J connectivity index is 0.00000341. The van der Waals surface area contributed by atoms with Crippen LogP contribution in [-0.2, 0) is 38.6 Å². The maximum atomic E-state index is 12.7. The zero-order valence-corrected chi connectivity index (χ0v) is 23.4. The molecule has 0 spiro atoms. The van der Waals surface area contributed by atoms with Crippen LogP contribution in [0.4, 0.5) is 0 Å². The summed E-state index contributed by atoms with van der Waals surface area (Å²) in [5.74, 6) is 1.73. The summed E-state index contributed by atoms with van der Waals surface area (Å²) in [6, 6.07) is 8.60. The van der Waals surface area contributed by atoms with Crippen LogP contribution in [0.1, 0.15) is 69.4 Å². The third-order valence-corrected chi connectivity index (χ3v) is 7.07. The van der Waals surface area contributed by atoms with Crippen LogP contribution in [0.3, 0.4) is 0 Å². The van der Waals surface area contributed by atoms with Crippen LogP contribution in [0.2, 0.25) is 0 Å². The van der Waals surface area contributed by atoms with E-state index in [-0.39, 0.29) is 52.3 Å². The maximum absolute atomic E-state index is 12.7. The number of thioether (sulfide) groups is 1. The molecule has 0 unspecified atom stereocenters. The Morgan fingerprint density at radius 3 is 2.65 bits per heavy atom. The van der Waals surface area contributed by atoms with Crippen molar-refractivity contribution >= 4 is 23.4 Å². The topological polar surface area (TPSA) is 88.2 Å². The predicted octanol–water partition coefficient (Wildman–Crippen LogP) is 4.72. The molecule has 2 N–H and O–H groups in total. The minimum Gasteiger partial charge on any atom is -0.396 e. The Labute approximate surface area is 210 Å². The van der Waals surface area contributed by atoms with Gasteiger partial charge in [0.15, 0.2) is 5.91 Å². The summed E-state index contributed by atoms with van der Waals surface area (Å²) in [6.07, 6.45) is 7.57. The van der Waals surface area contributed by atoms with Crippen LogP contribution in [0.5, 0.6) is 0 Å². The van der Waals surface area contributed by atoms with Gasteiger partial charge in [-0.2, -0.15) is 6.92 Å². The van der Waals surface area contributed by atoms with E-state index in [9.17, 15) is 4.79 Å². The Morgan fingerprint density at radius 1 is 1.32 bits per heavy atom. The van der Waals surface area contributed by atoms with Gasteiger partial charge >= 0.3 is 0 Å². The Morgan fingerprint density at radius 2 is 2.03 bits per heavy atom. The van der Waals surface area contributed by atoms with Crippen molar-refractivity contribution in [2.75, 3.05) is 12.4 Å². The molecular formula is C24H32CdN3O2S-. The van der Waals surface area contributed by atoms with Gasteiger partial charge < -0.3 is 15.4 Å². The molecule has 164 valence electrons. The molecule has 31 heavy (non-hydrogen) atoms. The van der Waals surface area contributed by atoms with E-state index in [4.69, 9.17) is 15.8 Å². The first kappa shape index (κ1) is 26.2. The minimum atomic E-state index is 0. The van der Waals surface area contributed by atoms with Gasteiger partial charge in [0.25, 0.3) is 0 Å². The Kier molecular flexibility index (Phi) is 10.9. The first-order chi connectivity index (χ1) is 14.5. The smallest absolute Gasteiger partial charge is 0.196 e. The summed E-state index contributed by atoms with van der Waals surface area (Å²) < 4.78 is 0. The van der Waals surface area contributed by atoms with E-state index in [2.05, 4.69) is 24.3 Å². The molecular weight excluding hydrogens is 507 g/mol. The summed E-state index contributed by atoms with van der Waals surface area (Å²) in [5.41, 5.74) is 2.81. The zero-order valence-electron chi connectivity index (χ0n) is 18.5. The number of nitrogens with one attached hydrogen (secondary N) is 1. The molecule has 2 saturated carbocycles. The molecule has 0 radical (unpaired) electrons. The first-order valence-electron chi connectivity index (χ1n) is 11.0. The number of aliphatic hydroxyl groups is 1. The molecule has 5 nitrogen and oxygen atoms in total. The quantitative estimate of drug-likeness (QED) is 0.140. The molecule has 3 rings (SSSR count). The number of rotatable bonds is 11. The minimum absolute atomic E-state index is 0. The monoisotopic (exact) mass is 540 g/mol. The van der Waals surface area contributed by atoms with Gasteiger partial charge in [-0.1, -0.05) is 31.4 Å². The van der Waals surface area contributed by atoms with Crippen molar-refractivity contribution in [3.05, 3.63) is 35.2 Å². The number of amides is 1. The van der Waals surface area contributed by atoms with E-state index < -0.39 is 0 Å². The normalized spacial score (nSPS) is 15.8. The van der Waals surface area contributed by atoms with Gasteiger partial charge in [0.1, 0.15) is 0 Å². The molecule has 0 atom stereocenters. The second-order valence-corrected chi connectivity index (χ2v) is 9.61. The molecule has 0 heterocycles. The molecule has 0 aromatic heterocycles. The molecule has 0 bridgehead atoms. The molecule has 1 aromatic carbocycles. The van der Waals surface area contributed by atoms with Crippen LogP contribution >= 0.6 is 11.8 Å². The number of carbonyl (C=O) groups excluding carboxylic acids is 1. The van der Waals surface area contributed by atoms with Crippen LogP contribution in [0.25, 0.3) is 0 Å². The number of nitrogens with zero attached hydrogens (tertiary/aromatic N) is 2. The Hall–Kier alpha value is -1.05. The summed E-state index contributed by atoms with van der Waals surface area (Å²) in [7, 11) is 0. The molecule has 1 amide bonds. The summed E-state index contributed by atoms with van der Waals surface area (Å²) >= 11 is 1.70. The number of hydrogen-bond donors (Lipinski definition) is 2. The number of aliphatic hydroxyl groups excluding tert-OH is 1. The van der Waals surface area contributed by atoms with Crippen molar-refractivity contribution in [3.63, 3.8) is 0 Å². The van der Waals surface area contributed by atoms with Crippen molar-refractivity contribution in [2.45, 2.75) is 75.8 Å². The zero-order chi connectivity index (χ0) is 21.5. The van der Waals surface area contributed by atoms with Crippen molar-refractivity contribution in [3.8, 4) is 6.07 Å². The number of hydrogen-bond acceptors (Lipinski definition) is 5. The van der Waals surface area contributed by atoms with Gasteiger partial charge in [0, 0.05) is 74.3 Å². The van der Waals surface area contributed by atoms with Crippen molar-refractivity contribution in [1.29, 1.82) is 10.7 Å². The average molecular weight is 539 g/mol. The fourth-order valence-electron chi connectivity index (χ4n) is 4.06. The molecule has 0 aliphatic heterocycles. The second kappa shape index (κ2) is 12.9. The largest absolute Gasteiger partial charge is 0.396 e. The summed E-state index contributed by atoms with van der Waals surface area (Å²) in [5, 5.41) is 26.9. The van der Waals surface area contributed by atoms with Gasteiger partial charge in [-0.15, -0.1) is 17.8 Å². The van der Waals surface area contributed by atoms with Gasteiger partial charge in [0.2, 0.25) is 0 Å². The van der Waals surface area contributed by atoms with E-state index in [0.29, 0.717) is 18.4 Å². The first-order valence-corrected chi connectivity index (χ1v) is 12.0. The van der Waals surface area contributed by atoms with E-state index in [1.165, 1.54) is 12.8 Å². The fourth-order valence-corrected chi connectivity index (χ4v) is 5.12. The van der Waals surface area contributed by atoms with Crippen molar-refractivity contribution in [1.82, 2.24) is 4.90 Å². The second-order valence-electron chi connectivity index (χ2n) is 8.47. The number of benzene rings is 1. The molecule has 2 aliphatic carbocycles. The van der Waals surface area contributed by atoms with Crippen LogP contribution in [-0.4, -0.2) is 40.0 Å². The van der Waals surface area contributed by atoms with Gasteiger partial charge in [-0.25, -0.2) is 5.26 Å². The third kappa shape index (κ3) is 7.50. The third-order valence-electron chi connectivity index (χ3n) is 5.93. The van der Waals surface area contributed by atoms with E-state index in [0.717, 1.165) is 59.6 Å². The average Bonchev–Trinajstić information content (AvgIpc) is 3.44. The predicted molar refractivity (Wildman–Crippen MR) is 120 cm³/mol. The van der Waals surface area contributed by atoms with E-state index >= 15 is 0 Å². The Bertz CT molecular complexity index is 801. The molecule has 2 fully saturated rings. The van der Waals surface area contributed by atoms with Gasteiger partial charge in [-0.3, -0.25) is 10.7 Å². The molecule has 2 aliphatic rings. The van der Waals surface area contributed by atoms with Crippen LogP contribution in [0.15, 0.2) is 23.1 Å². The molecule has 1 aromatic rings. The number of nitriles is 1. The summed E-state index contributed by atoms with van der Waals surface area (Å²) in [6.45, 7) is 2.43. The standard InChI is InChI=1S/C24H32N3O2S.Cd/c1-17(15-25)13-23(29)27(20-8-9-20)16-18-7-10-21(22(14-18)30-12-4-11-28)24(26)19-5-2-3-6-19;/h7,10,14,19-20,26,28H,2-6,8-9,11-13,16H2,1H3;/q-1;. The van der Waals surface area contributed by atoms with Crippen LogP contribution < -0.4 is 0 Å². The summed E-state index contributed by atoms with van der Waals surface area (Å²) in [4.78, 5) is 15.7. The molecule has 7 heteroatoms. The fraction of sp³-hybridized carbons (Fsp3) is 0.583. The number of carbonyl (C=O) groups is 1. The van der Waals surface area contributed by atoms with Crippen LogP contribution in [0, 0.1) is 28.6 Å². The maximum Gasteiger partial charge on any atom is 0.196 e. The van der Waals surface area contributed by atoms with Crippen molar-refractivity contribution in [2.24, 2.45) is 5.92 Å². The van der Waals surface area contributed by atoms with Crippen molar-refractivity contribution < 1.29 is 37.2 Å². The molecule has 0 saturated heterocycles. The van der Waals surface area contributed by atoms with E-state index in [1.54, 1.807) is 18.7 Å². The van der Waals surface area contributed by atoms with E-state index in [1.807, 2.05) is 4.90 Å².